The van der Waals surface area contributed by atoms with Crippen LogP contribution in [-0.2, 0) is 11.2 Å². The van der Waals surface area contributed by atoms with Gasteiger partial charge in [0.1, 0.15) is 5.78 Å². The summed E-state index contributed by atoms with van der Waals surface area (Å²) in [5.74, 6) is 0.153. The molecular weight excluding hydrogens is 184 g/mol. The molecule has 1 aromatic heterocycles. The monoisotopic (exact) mass is 198 g/mol. The van der Waals surface area contributed by atoms with Gasteiger partial charge in [-0.15, -0.1) is 0 Å². The molecule has 1 atom stereocenters. The summed E-state index contributed by atoms with van der Waals surface area (Å²) in [5, 5.41) is 12.8. The molecule has 0 spiro atoms. The molecule has 1 rings (SSSR count). The number of ketones is 1. The molecule has 0 radical (unpaired) electrons. The number of aliphatic hydroxyl groups excluding tert-OH is 1. The highest BCUT2D eigenvalue weighted by atomic mass is 32.1. The van der Waals surface area contributed by atoms with Gasteiger partial charge in [0.2, 0.25) is 0 Å². The Morgan fingerprint density at radius 2 is 2.46 bits per heavy atom. The molecule has 1 aromatic rings. The van der Waals surface area contributed by atoms with Crippen LogP contribution in [0.2, 0.25) is 0 Å². The van der Waals surface area contributed by atoms with Crippen molar-refractivity contribution in [3.05, 3.63) is 22.4 Å². The quantitative estimate of drug-likeness (QED) is 0.784. The van der Waals surface area contributed by atoms with Crippen molar-refractivity contribution in [3.8, 4) is 0 Å². The van der Waals surface area contributed by atoms with Crippen molar-refractivity contribution in [2.75, 3.05) is 6.61 Å². The number of hydrogen-bond donors (Lipinski definition) is 1. The zero-order valence-electron chi connectivity index (χ0n) is 7.69. The van der Waals surface area contributed by atoms with E-state index in [0.29, 0.717) is 6.42 Å². The second-order valence-electron chi connectivity index (χ2n) is 3.16. The van der Waals surface area contributed by atoms with Gasteiger partial charge in [0.05, 0.1) is 0 Å². The molecule has 0 saturated carbocycles. The van der Waals surface area contributed by atoms with E-state index in [4.69, 9.17) is 5.11 Å². The van der Waals surface area contributed by atoms with E-state index >= 15 is 0 Å². The third kappa shape index (κ3) is 3.28. The van der Waals surface area contributed by atoms with E-state index < -0.39 is 0 Å². The first-order valence-corrected chi connectivity index (χ1v) is 5.30. The summed E-state index contributed by atoms with van der Waals surface area (Å²) in [7, 11) is 0. The number of carbonyl (C=O) groups is 1. The molecule has 0 aliphatic rings. The van der Waals surface area contributed by atoms with E-state index in [-0.39, 0.29) is 18.3 Å². The fourth-order valence-electron chi connectivity index (χ4n) is 1.30. The van der Waals surface area contributed by atoms with Crippen LogP contribution in [0.3, 0.4) is 0 Å². The van der Waals surface area contributed by atoms with Gasteiger partial charge in [-0.2, -0.15) is 11.3 Å². The lowest BCUT2D eigenvalue weighted by molar-refractivity contribution is -0.121. The Bertz CT molecular complexity index is 254. The van der Waals surface area contributed by atoms with Gasteiger partial charge in [-0.1, -0.05) is 0 Å². The van der Waals surface area contributed by atoms with Crippen molar-refractivity contribution in [1.29, 1.82) is 0 Å². The molecule has 72 valence electrons. The molecule has 0 bridgehead atoms. The van der Waals surface area contributed by atoms with Crippen LogP contribution in [0.15, 0.2) is 16.8 Å². The van der Waals surface area contributed by atoms with E-state index in [0.717, 1.165) is 6.42 Å². The van der Waals surface area contributed by atoms with Crippen LogP contribution < -0.4 is 0 Å². The Hall–Kier alpha value is -0.670. The van der Waals surface area contributed by atoms with Crippen LogP contribution in [0.4, 0.5) is 0 Å². The first-order valence-electron chi connectivity index (χ1n) is 4.36. The maximum absolute atomic E-state index is 11.2. The van der Waals surface area contributed by atoms with Crippen molar-refractivity contribution in [3.63, 3.8) is 0 Å². The molecule has 1 N–H and O–H groups in total. The van der Waals surface area contributed by atoms with E-state index in [2.05, 4.69) is 0 Å². The number of carbonyl (C=O) groups excluding carboxylic acids is 1. The molecule has 13 heavy (non-hydrogen) atoms. The van der Waals surface area contributed by atoms with Crippen LogP contribution >= 0.6 is 11.3 Å². The van der Waals surface area contributed by atoms with Crippen molar-refractivity contribution in [2.45, 2.75) is 19.8 Å². The van der Waals surface area contributed by atoms with Gasteiger partial charge in [0.15, 0.2) is 0 Å². The first kappa shape index (κ1) is 10.4. The number of rotatable bonds is 5. The summed E-state index contributed by atoms with van der Waals surface area (Å²) in [5.41, 5.74) is 1.19. The molecule has 2 nitrogen and oxygen atoms in total. The lowest BCUT2D eigenvalue weighted by atomic mass is 9.95. The summed E-state index contributed by atoms with van der Waals surface area (Å²) in [6, 6.07) is 2.03. The van der Waals surface area contributed by atoms with Crippen LogP contribution in [0.1, 0.15) is 18.9 Å². The number of Topliss-reactive ketones (excluding diaryl/α,β-unsaturated/α-hetero) is 1. The average molecular weight is 198 g/mol. The van der Waals surface area contributed by atoms with Gasteiger partial charge in [0.25, 0.3) is 0 Å². The molecule has 1 unspecified atom stereocenters. The summed E-state index contributed by atoms with van der Waals surface area (Å²) >= 11 is 1.64. The molecule has 1 heterocycles. The van der Waals surface area contributed by atoms with Crippen LogP contribution in [0.5, 0.6) is 0 Å². The third-order valence-electron chi connectivity index (χ3n) is 2.11. The minimum Gasteiger partial charge on any atom is -0.396 e. The molecular formula is C10H14O2S. The zero-order valence-corrected chi connectivity index (χ0v) is 8.51. The highest BCUT2D eigenvalue weighted by Gasteiger charge is 2.14. The minimum absolute atomic E-state index is 0.0143. The predicted octanol–water partition coefficient (Wildman–Crippen LogP) is 1.88. The van der Waals surface area contributed by atoms with E-state index in [1.54, 1.807) is 18.3 Å². The Balaban J connectivity index is 2.52. The Morgan fingerprint density at radius 3 is 2.92 bits per heavy atom. The topological polar surface area (TPSA) is 37.3 Å². The highest BCUT2D eigenvalue weighted by molar-refractivity contribution is 7.07. The third-order valence-corrected chi connectivity index (χ3v) is 2.85. The van der Waals surface area contributed by atoms with Gasteiger partial charge >= 0.3 is 0 Å². The molecule has 0 aliphatic carbocycles. The van der Waals surface area contributed by atoms with Gasteiger partial charge in [0, 0.05) is 12.5 Å². The van der Waals surface area contributed by atoms with Gasteiger partial charge in [-0.3, -0.25) is 4.79 Å². The molecule has 0 aliphatic heterocycles. The van der Waals surface area contributed by atoms with Crippen molar-refractivity contribution in [1.82, 2.24) is 0 Å². The van der Waals surface area contributed by atoms with Crippen molar-refractivity contribution >= 4 is 17.1 Å². The van der Waals surface area contributed by atoms with Crippen LogP contribution in [0.25, 0.3) is 0 Å². The summed E-state index contributed by atoms with van der Waals surface area (Å²) in [6.07, 6.45) is 1.34. The predicted molar refractivity (Wildman–Crippen MR) is 53.9 cm³/mol. The fraction of sp³-hybridized carbons (Fsp3) is 0.500. The lowest BCUT2D eigenvalue weighted by Crippen LogP contribution is -2.15. The number of hydrogen-bond acceptors (Lipinski definition) is 3. The lowest BCUT2D eigenvalue weighted by Gasteiger charge is -2.10. The van der Waals surface area contributed by atoms with Crippen LogP contribution in [-0.4, -0.2) is 17.5 Å². The molecule has 0 saturated heterocycles. The maximum atomic E-state index is 11.2. The molecule has 0 fully saturated rings. The second-order valence-corrected chi connectivity index (χ2v) is 3.94. The van der Waals surface area contributed by atoms with Gasteiger partial charge in [-0.25, -0.2) is 0 Å². The summed E-state index contributed by atoms with van der Waals surface area (Å²) in [6.45, 7) is 1.68. The normalized spacial score (nSPS) is 12.8. The second kappa shape index (κ2) is 5.14. The summed E-state index contributed by atoms with van der Waals surface area (Å²) < 4.78 is 0. The Labute approximate surface area is 82.2 Å². The molecule has 3 heteroatoms. The average Bonchev–Trinajstić information content (AvgIpc) is 2.56. The molecule has 0 aromatic carbocycles. The molecule has 0 amide bonds. The smallest absolute Gasteiger partial charge is 0.133 e. The standard InChI is InChI=1S/C10H14O2S/c1-8(12)10(2-4-11)6-9-3-5-13-7-9/h3,5,7,10-11H,2,4,6H2,1H3. The minimum atomic E-state index is -0.0143. The zero-order chi connectivity index (χ0) is 9.68. The largest absolute Gasteiger partial charge is 0.396 e. The fourth-order valence-corrected chi connectivity index (χ4v) is 1.98. The Kier molecular flexibility index (Phi) is 4.12. The van der Waals surface area contributed by atoms with E-state index in [9.17, 15) is 4.79 Å². The van der Waals surface area contributed by atoms with Crippen LogP contribution in [0, 0.1) is 5.92 Å². The number of aliphatic hydroxyl groups is 1. The van der Waals surface area contributed by atoms with Crippen molar-refractivity contribution in [2.24, 2.45) is 5.92 Å². The van der Waals surface area contributed by atoms with E-state index in [1.165, 1.54) is 5.56 Å². The van der Waals surface area contributed by atoms with E-state index in [1.807, 2.05) is 16.8 Å². The maximum Gasteiger partial charge on any atom is 0.133 e. The number of thiophene rings is 1. The van der Waals surface area contributed by atoms with Crippen molar-refractivity contribution < 1.29 is 9.90 Å². The SMILES string of the molecule is CC(=O)C(CCO)Cc1ccsc1. The Morgan fingerprint density at radius 1 is 1.69 bits per heavy atom. The highest BCUT2D eigenvalue weighted by Crippen LogP contribution is 2.15. The first-order chi connectivity index (χ1) is 6.24. The summed E-state index contributed by atoms with van der Waals surface area (Å²) in [4.78, 5) is 11.2. The van der Waals surface area contributed by atoms with Gasteiger partial charge < -0.3 is 5.11 Å². The van der Waals surface area contributed by atoms with Gasteiger partial charge in [-0.05, 0) is 42.2 Å².